The summed E-state index contributed by atoms with van der Waals surface area (Å²) in [4.78, 5) is 13.8. The summed E-state index contributed by atoms with van der Waals surface area (Å²) in [6.07, 6.45) is 1.31. The van der Waals surface area contributed by atoms with E-state index in [-0.39, 0.29) is 5.91 Å². The van der Waals surface area contributed by atoms with E-state index in [0.29, 0.717) is 6.42 Å². The fourth-order valence-corrected chi connectivity index (χ4v) is 2.49. The van der Waals surface area contributed by atoms with Crippen LogP contribution in [0.15, 0.2) is 12.1 Å². The Morgan fingerprint density at radius 2 is 2.05 bits per heavy atom. The highest BCUT2D eigenvalue weighted by molar-refractivity contribution is 5.95. The van der Waals surface area contributed by atoms with Crippen molar-refractivity contribution in [3.8, 4) is 0 Å². The number of nitrogens with zero attached hydrogens (tertiary/aromatic N) is 1. The van der Waals surface area contributed by atoms with Crippen molar-refractivity contribution in [1.29, 1.82) is 0 Å². The molecule has 1 aromatic carbocycles. The van der Waals surface area contributed by atoms with E-state index in [1.165, 1.54) is 0 Å². The number of hydrogen-bond acceptors (Lipinski definition) is 4. The van der Waals surface area contributed by atoms with Gasteiger partial charge < -0.3 is 21.3 Å². The van der Waals surface area contributed by atoms with Crippen LogP contribution in [0, 0.1) is 0 Å². The number of aryl methyl sites for hydroxylation is 1. The van der Waals surface area contributed by atoms with Gasteiger partial charge in [0.2, 0.25) is 5.91 Å². The molecule has 1 aromatic rings. The molecule has 0 radical (unpaired) electrons. The first-order valence-corrected chi connectivity index (χ1v) is 7.32. The Morgan fingerprint density at radius 1 is 1.30 bits per heavy atom. The Kier molecular flexibility index (Phi) is 4.84. The van der Waals surface area contributed by atoms with Gasteiger partial charge in [0.15, 0.2) is 0 Å². The average Bonchev–Trinajstić information content (AvgIpc) is 2.44. The fraction of sp³-hybridized carbons (Fsp3) is 0.533. The second-order valence-electron chi connectivity index (χ2n) is 5.10. The molecule has 0 fully saturated rings. The van der Waals surface area contributed by atoms with Crippen LogP contribution in [0.2, 0.25) is 0 Å². The number of nitrogens with two attached hydrogens (primary N) is 1. The maximum absolute atomic E-state index is 11.4. The number of nitrogen functional groups attached to an aromatic ring is 1. The monoisotopic (exact) mass is 276 g/mol. The lowest BCUT2D eigenvalue weighted by Gasteiger charge is -2.21. The second-order valence-corrected chi connectivity index (χ2v) is 5.10. The Labute approximate surface area is 120 Å². The minimum absolute atomic E-state index is 0.0800. The molecular weight excluding hydrogens is 252 g/mol. The molecule has 110 valence electrons. The van der Waals surface area contributed by atoms with Gasteiger partial charge in [0, 0.05) is 25.2 Å². The van der Waals surface area contributed by atoms with Crippen molar-refractivity contribution in [1.82, 2.24) is 4.90 Å². The zero-order chi connectivity index (χ0) is 14.5. The predicted molar refractivity (Wildman–Crippen MR) is 84.1 cm³/mol. The van der Waals surface area contributed by atoms with Crippen LogP contribution in [0.3, 0.4) is 0 Å². The number of likely N-dealkylation sites (N-methyl/N-ethyl adjacent to an activating group) is 1. The Balaban J connectivity index is 2.01. The molecule has 5 nitrogen and oxygen atoms in total. The fourth-order valence-electron chi connectivity index (χ4n) is 2.49. The third-order valence-corrected chi connectivity index (χ3v) is 3.81. The van der Waals surface area contributed by atoms with Gasteiger partial charge >= 0.3 is 0 Å². The summed E-state index contributed by atoms with van der Waals surface area (Å²) in [6.45, 7) is 8.24. The van der Waals surface area contributed by atoms with Crippen LogP contribution in [0.1, 0.15) is 25.8 Å². The molecule has 0 saturated heterocycles. The molecule has 1 aliphatic heterocycles. The van der Waals surface area contributed by atoms with E-state index >= 15 is 0 Å². The predicted octanol–water partition coefficient (Wildman–Crippen LogP) is 1.91. The first kappa shape index (κ1) is 14.7. The Morgan fingerprint density at radius 3 is 2.75 bits per heavy atom. The summed E-state index contributed by atoms with van der Waals surface area (Å²) in [6, 6.07) is 3.92. The van der Waals surface area contributed by atoms with Gasteiger partial charge in [-0.25, -0.2) is 0 Å². The highest BCUT2D eigenvalue weighted by Gasteiger charge is 2.16. The van der Waals surface area contributed by atoms with Crippen LogP contribution in [0.4, 0.5) is 17.1 Å². The van der Waals surface area contributed by atoms with Gasteiger partial charge in [0.1, 0.15) is 0 Å². The first-order valence-electron chi connectivity index (χ1n) is 7.32. The SMILES string of the molecule is CCN(CC)CCNc1cc2c(cc1N)CCC(=O)N2. The molecule has 1 amide bonds. The van der Waals surface area contributed by atoms with Crippen LogP contribution < -0.4 is 16.4 Å². The highest BCUT2D eigenvalue weighted by atomic mass is 16.1. The van der Waals surface area contributed by atoms with Gasteiger partial charge in [-0.05, 0) is 37.2 Å². The molecule has 20 heavy (non-hydrogen) atoms. The molecule has 0 aromatic heterocycles. The van der Waals surface area contributed by atoms with E-state index in [4.69, 9.17) is 5.73 Å². The Bertz CT molecular complexity index is 483. The molecule has 0 aliphatic carbocycles. The van der Waals surface area contributed by atoms with Crippen LogP contribution in [-0.4, -0.2) is 37.0 Å². The number of anilines is 3. The van der Waals surface area contributed by atoms with Crippen molar-refractivity contribution >= 4 is 23.0 Å². The summed E-state index contributed by atoms with van der Waals surface area (Å²) in [5.74, 6) is 0.0800. The van der Waals surface area contributed by atoms with E-state index in [9.17, 15) is 4.79 Å². The standard InChI is InChI=1S/C15H24N4O/c1-3-19(4-2)8-7-17-14-10-13-11(9-12(14)16)5-6-15(20)18-13/h9-10,17H,3-8,16H2,1-2H3,(H,18,20). The molecule has 4 N–H and O–H groups in total. The van der Waals surface area contributed by atoms with E-state index in [0.717, 1.165) is 55.2 Å². The van der Waals surface area contributed by atoms with Crippen molar-refractivity contribution in [2.24, 2.45) is 0 Å². The zero-order valence-corrected chi connectivity index (χ0v) is 12.3. The van der Waals surface area contributed by atoms with Gasteiger partial charge in [0.25, 0.3) is 0 Å². The quantitative estimate of drug-likeness (QED) is 0.694. The lowest BCUT2D eigenvalue weighted by molar-refractivity contribution is -0.116. The summed E-state index contributed by atoms with van der Waals surface area (Å²) in [5.41, 5.74) is 9.73. The maximum atomic E-state index is 11.4. The highest BCUT2D eigenvalue weighted by Crippen LogP contribution is 2.30. The normalized spacial score (nSPS) is 14.1. The van der Waals surface area contributed by atoms with Crippen molar-refractivity contribution in [3.05, 3.63) is 17.7 Å². The van der Waals surface area contributed by atoms with E-state index in [1.54, 1.807) is 0 Å². The van der Waals surface area contributed by atoms with Crippen LogP contribution >= 0.6 is 0 Å². The van der Waals surface area contributed by atoms with Crippen molar-refractivity contribution in [2.45, 2.75) is 26.7 Å². The van der Waals surface area contributed by atoms with E-state index in [1.807, 2.05) is 12.1 Å². The number of carbonyl (C=O) groups excluding carboxylic acids is 1. The summed E-state index contributed by atoms with van der Waals surface area (Å²) in [7, 11) is 0. The largest absolute Gasteiger partial charge is 0.397 e. The van der Waals surface area contributed by atoms with Crippen LogP contribution in [0.5, 0.6) is 0 Å². The molecule has 0 atom stereocenters. The van der Waals surface area contributed by atoms with E-state index in [2.05, 4.69) is 29.4 Å². The number of carbonyl (C=O) groups is 1. The number of hydrogen-bond donors (Lipinski definition) is 3. The molecule has 1 heterocycles. The number of rotatable bonds is 6. The average molecular weight is 276 g/mol. The first-order chi connectivity index (χ1) is 9.63. The summed E-state index contributed by atoms with van der Waals surface area (Å²) < 4.78 is 0. The minimum atomic E-state index is 0.0800. The summed E-state index contributed by atoms with van der Waals surface area (Å²) in [5, 5.41) is 6.26. The molecule has 0 bridgehead atoms. The summed E-state index contributed by atoms with van der Waals surface area (Å²) >= 11 is 0. The van der Waals surface area contributed by atoms with Gasteiger partial charge in [-0.2, -0.15) is 0 Å². The maximum Gasteiger partial charge on any atom is 0.224 e. The van der Waals surface area contributed by atoms with Crippen LogP contribution in [0.25, 0.3) is 0 Å². The number of fused-ring (bicyclic) bond motifs is 1. The van der Waals surface area contributed by atoms with Crippen molar-refractivity contribution in [3.63, 3.8) is 0 Å². The lowest BCUT2D eigenvalue weighted by Crippen LogP contribution is -2.28. The zero-order valence-electron chi connectivity index (χ0n) is 12.3. The number of nitrogens with one attached hydrogen (secondary N) is 2. The van der Waals surface area contributed by atoms with Gasteiger partial charge in [0.05, 0.1) is 11.4 Å². The molecule has 0 unspecified atom stereocenters. The van der Waals surface area contributed by atoms with E-state index < -0.39 is 0 Å². The minimum Gasteiger partial charge on any atom is -0.397 e. The molecular formula is C15H24N4O. The molecule has 0 spiro atoms. The second kappa shape index (κ2) is 6.61. The van der Waals surface area contributed by atoms with Gasteiger partial charge in [-0.3, -0.25) is 4.79 Å². The molecule has 0 saturated carbocycles. The third kappa shape index (κ3) is 3.42. The van der Waals surface area contributed by atoms with Crippen molar-refractivity contribution < 1.29 is 4.79 Å². The molecule has 1 aliphatic rings. The third-order valence-electron chi connectivity index (χ3n) is 3.81. The van der Waals surface area contributed by atoms with Gasteiger partial charge in [-0.1, -0.05) is 13.8 Å². The lowest BCUT2D eigenvalue weighted by atomic mass is 10.0. The topological polar surface area (TPSA) is 70.4 Å². The smallest absolute Gasteiger partial charge is 0.224 e. The Hall–Kier alpha value is -1.75. The number of benzene rings is 1. The van der Waals surface area contributed by atoms with Gasteiger partial charge in [-0.15, -0.1) is 0 Å². The van der Waals surface area contributed by atoms with Crippen LogP contribution in [-0.2, 0) is 11.2 Å². The van der Waals surface area contributed by atoms with Crippen molar-refractivity contribution in [2.75, 3.05) is 42.5 Å². The molecule has 5 heteroatoms. The number of amides is 1. The molecule has 2 rings (SSSR count).